The van der Waals surface area contributed by atoms with Crippen LogP contribution in [0.25, 0.3) is 10.9 Å². The van der Waals surface area contributed by atoms with Gasteiger partial charge in [0.15, 0.2) is 0 Å². The first-order valence-electron chi connectivity index (χ1n) is 6.53. The second kappa shape index (κ2) is 5.75. The fourth-order valence-electron chi connectivity index (χ4n) is 2.42. The number of carboxylic acids is 1. The number of pyridine rings is 1. The van der Waals surface area contributed by atoms with Gasteiger partial charge in [-0.05, 0) is 24.5 Å². The third-order valence-corrected chi connectivity index (χ3v) is 3.56. The van der Waals surface area contributed by atoms with Gasteiger partial charge in [-0.3, -0.25) is 4.98 Å². The summed E-state index contributed by atoms with van der Waals surface area (Å²) in [7, 11) is 0. The van der Waals surface area contributed by atoms with Crippen LogP contribution in [0.2, 0.25) is 5.02 Å². The van der Waals surface area contributed by atoms with Crippen LogP contribution in [-0.4, -0.2) is 16.1 Å². The summed E-state index contributed by atoms with van der Waals surface area (Å²) >= 11 is 5.77. The van der Waals surface area contributed by atoms with Crippen molar-refractivity contribution in [1.82, 2.24) is 4.98 Å². The van der Waals surface area contributed by atoms with Gasteiger partial charge in [-0.25, -0.2) is 9.18 Å². The predicted octanol–water partition coefficient (Wildman–Crippen LogP) is 4.24. The molecule has 1 aromatic carbocycles. The number of aryl methyl sites for hydroxylation is 1. The van der Waals surface area contributed by atoms with Gasteiger partial charge in [0.25, 0.3) is 0 Å². The highest BCUT2D eigenvalue weighted by atomic mass is 35.5. The number of carbonyl (C=O) groups is 1. The first-order valence-corrected chi connectivity index (χ1v) is 6.91. The monoisotopic (exact) mass is 295 g/mol. The summed E-state index contributed by atoms with van der Waals surface area (Å²) < 4.78 is 13.6. The van der Waals surface area contributed by atoms with E-state index in [0.717, 1.165) is 12.1 Å². The molecule has 0 aliphatic carbocycles. The lowest BCUT2D eigenvalue weighted by Crippen LogP contribution is -2.09. The van der Waals surface area contributed by atoms with Crippen molar-refractivity contribution >= 4 is 28.5 Å². The summed E-state index contributed by atoms with van der Waals surface area (Å²) in [4.78, 5) is 16.0. The zero-order chi connectivity index (χ0) is 14.9. The van der Waals surface area contributed by atoms with Gasteiger partial charge in [-0.15, -0.1) is 0 Å². The SMILES string of the molecule is CCCc1nc2cc(F)c(Cl)cc2c(C(=O)O)c1CC. The standard InChI is InChI=1S/C15H15ClFNO2/c1-3-5-12-8(4-2)14(15(19)20)9-6-10(16)11(17)7-13(9)18-12/h6-7H,3-5H2,1-2H3,(H,19,20). The van der Waals surface area contributed by atoms with Crippen molar-refractivity contribution in [3.05, 3.63) is 39.8 Å². The maximum absolute atomic E-state index is 13.6. The summed E-state index contributed by atoms with van der Waals surface area (Å²) in [6, 6.07) is 2.54. The van der Waals surface area contributed by atoms with Crippen LogP contribution in [0.15, 0.2) is 12.1 Å². The van der Waals surface area contributed by atoms with E-state index < -0.39 is 11.8 Å². The van der Waals surface area contributed by atoms with E-state index in [4.69, 9.17) is 11.6 Å². The highest BCUT2D eigenvalue weighted by Crippen LogP contribution is 2.29. The topological polar surface area (TPSA) is 50.2 Å². The number of benzene rings is 1. The van der Waals surface area contributed by atoms with Crippen molar-refractivity contribution in [2.24, 2.45) is 0 Å². The summed E-state index contributed by atoms with van der Waals surface area (Å²) in [6.07, 6.45) is 2.08. The van der Waals surface area contributed by atoms with Crippen LogP contribution < -0.4 is 0 Å². The Hall–Kier alpha value is -1.68. The lowest BCUT2D eigenvalue weighted by atomic mass is 9.96. The van der Waals surface area contributed by atoms with Crippen molar-refractivity contribution in [2.45, 2.75) is 33.1 Å². The molecular formula is C15H15ClFNO2. The van der Waals surface area contributed by atoms with Crippen molar-refractivity contribution < 1.29 is 14.3 Å². The fourth-order valence-corrected chi connectivity index (χ4v) is 2.58. The molecule has 0 aliphatic heterocycles. The Morgan fingerprint density at radius 3 is 2.65 bits per heavy atom. The minimum atomic E-state index is -1.03. The number of hydrogen-bond donors (Lipinski definition) is 1. The smallest absolute Gasteiger partial charge is 0.336 e. The molecular weight excluding hydrogens is 281 g/mol. The Morgan fingerprint density at radius 2 is 2.10 bits per heavy atom. The lowest BCUT2D eigenvalue weighted by molar-refractivity contribution is 0.0697. The number of hydrogen-bond acceptors (Lipinski definition) is 2. The van der Waals surface area contributed by atoms with Crippen molar-refractivity contribution in [2.75, 3.05) is 0 Å². The molecule has 3 nitrogen and oxygen atoms in total. The average Bonchev–Trinajstić information content (AvgIpc) is 2.39. The predicted molar refractivity (Wildman–Crippen MR) is 77.0 cm³/mol. The zero-order valence-electron chi connectivity index (χ0n) is 11.3. The molecule has 0 spiro atoms. The third kappa shape index (κ3) is 2.48. The molecule has 0 radical (unpaired) electrons. The zero-order valence-corrected chi connectivity index (χ0v) is 12.1. The van der Waals surface area contributed by atoms with Gasteiger partial charge >= 0.3 is 5.97 Å². The summed E-state index contributed by atoms with van der Waals surface area (Å²) in [6.45, 7) is 3.88. The molecule has 0 amide bonds. The second-order valence-corrected chi connectivity index (χ2v) is 5.01. The molecule has 1 aromatic heterocycles. The Morgan fingerprint density at radius 1 is 1.40 bits per heavy atom. The quantitative estimate of drug-likeness (QED) is 0.918. The van der Waals surface area contributed by atoms with Crippen LogP contribution in [0.1, 0.15) is 41.9 Å². The molecule has 1 heterocycles. The van der Waals surface area contributed by atoms with E-state index in [1.807, 2.05) is 13.8 Å². The Kier molecular flexibility index (Phi) is 4.23. The first kappa shape index (κ1) is 14.7. The summed E-state index contributed by atoms with van der Waals surface area (Å²) in [5.74, 6) is -1.62. The van der Waals surface area contributed by atoms with E-state index in [0.29, 0.717) is 29.3 Å². The van der Waals surface area contributed by atoms with Crippen LogP contribution >= 0.6 is 11.6 Å². The number of aromatic nitrogens is 1. The number of fused-ring (bicyclic) bond motifs is 1. The third-order valence-electron chi connectivity index (χ3n) is 3.27. The van der Waals surface area contributed by atoms with Crippen molar-refractivity contribution in [3.63, 3.8) is 0 Å². The van der Waals surface area contributed by atoms with Gasteiger partial charge in [-0.2, -0.15) is 0 Å². The number of carboxylic acid groups (broad SMARTS) is 1. The first-order chi connectivity index (χ1) is 9.49. The second-order valence-electron chi connectivity index (χ2n) is 4.60. The number of halogens is 2. The lowest BCUT2D eigenvalue weighted by Gasteiger charge is -2.13. The molecule has 0 saturated carbocycles. The fraction of sp³-hybridized carbons (Fsp3) is 0.333. The van der Waals surface area contributed by atoms with Gasteiger partial charge < -0.3 is 5.11 Å². The van der Waals surface area contributed by atoms with Crippen LogP contribution in [0.5, 0.6) is 0 Å². The van der Waals surface area contributed by atoms with Crippen LogP contribution in [-0.2, 0) is 12.8 Å². The van der Waals surface area contributed by atoms with Crippen LogP contribution in [0.3, 0.4) is 0 Å². The van der Waals surface area contributed by atoms with Crippen molar-refractivity contribution in [3.8, 4) is 0 Å². The highest BCUT2D eigenvalue weighted by molar-refractivity contribution is 6.31. The number of nitrogens with zero attached hydrogens (tertiary/aromatic N) is 1. The molecule has 0 unspecified atom stereocenters. The Balaban J connectivity index is 2.90. The van der Waals surface area contributed by atoms with E-state index in [-0.39, 0.29) is 10.6 Å². The Bertz CT molecular complexity index is 685. The van der Waals surface area contributed by atoms with E-state index >= 15 is 0 Å². The normalized spacial score (nSPS) is 11.0. The van der Waals surface area contributed by atoms with E-state index in [1.165, 1.54) is 12.1 Å². The van der Waals surface area contributed by atoms with Gasteiger partial charge in [0.05, 0.1) is 16.1 Å². The van der Waals surface area contributed by atoms with Gasteiger partial charge in [0.1, 0.15) is 5.82 Å². The molecule has 5 heteroatoms. The van der Waals surface area contributed by atoms with Gasteiger partial charge in [0, 0.05) is 17.1 Å². The maximum atomic E-state index is 13.6. The maximum Gasteiger partial charge on any atom is 0.336 e. The van der Waals surface area contributed by atoms with Crippen molar-refractivity contribution in [1.29, 1.82) is 0 Å². The minimum absolute atomic E-state index is 0.0907. The number of aromatic carboxylic acids is 1. The molecule has 106 valence electrons. The molecule has 0 aliphatic rings. The summed E-state index contributed by atoms with van der Waals surface area (Å²) in [5, 5.41) is 9.78. The Labute approximate surface area is 121 Å². The van der Waals surface area contributed by atoms with E-state index in [2.05, 4.69) is 4.98 Å². The average molecular weight is 296 g/mol. The minimum Gasteiger partial charge on any atom is -0.478 e. The molecule has 1 N–H and O–H groups in total. The van der Waals surface area contributed by atoms with E-state index in [9.17, 15) is 14.3 Å². The molecule has 0 saturated heterocycles. The molecule has 2 rings (SSSR count). The van der Waals surface area contributed by atoms with Crippen LogP contribution in [0, 0.1) is 5.82 Å². The molecule has 0 bridgehead atoms. The molecule has 0 atom stereocenters. The number of rotatable bonds is 4. The molecule has 2 aromatic rings. The van der Waals surface area contributed by atoms with Crippen LogP contribution in [0.4, 0.5) is 4.39 Å². The largest absolute Gasteiger partial charge is 0.478 e. The molecule has 0 fully saturated rings. The summed E-state index contributed by atoms with van der Waals surface area (Å²) in [5.41, 5.74) is 1.95. The highest BCUT2D eigenvalue weighted by Gasteiger charge is 2.20. The van der Waals surface area contributed by atoms with Gasteiger partial charge in [0.2, 0.25) is 0 Å². The van der Waals surface area contributed by atoms with Gasteiger partial charge in [-0.1, -0.05) is 31.9 Å². The molecule has 20 heavy (non-hydrogen) atoms. The van der Waals surface area contributed by atoms with E-state index in [1.54, 1.807) is 0 Å².